The fraction of sp³-hybridized carbons (Fsp3) is 0.607. The van der Waals surface area contributed by atoms with Crippen LogP contribution in [0.5, 0.6) is 0 Å². The van der Waals surface area contributed by atoms with Gasteiger partial charge in [-0.3, -0.25) is 19.1 Å². The third-order valence-electron chi connectivity index (χ3n) is 8.23. The molecular weight excluding hydrogens is 536 g/mol. The van der Waals surface area contributed by atoms with Crippen molar-refractivity contribution >= 4 is 5.91 Å². The summed E-state index contributed by atoms with van der Waals surface area (Å²) in [4.78, 5) is 39.0. The molecule has 1 aliphatic carbocycles. The number of hydrogen-bond donors (Lipinski definition) is 6. The van der Waals surface area contributed by atoms with Crippen LogP contribution >= 0.6 is 0 Å². The van der Waals surface area contributed by atoms with Crippen molar-refractivity contribution < 1.29 is 34.3 Å². The summed E-state index contributed by atoms with van der Waals surface area (Å²) < 4.78 is 18.6. The monoisotopic (exact) mass is 574 g/mol. The van der Waals surface area contributed by atoms with Gasteiger partial charge in [-0.2, -0.15) is 0 Å². The Hall–Kier alpha value is -2.91. The number of aliphatic hydroxyl groups is 3. The first kappa shape index (κ1) is 29.6. The summed E-state index contributed by atoms with van der Waals surface area (Å²) >= 11 is 0. The Balaban J connectivity index is 1.29. The minimum atomic E-state index is -1.40. The summed E-state index contributed by atoms with van der Waals surface area (Å²) in [6.45, 7) is -0.143. The number of ether oxygens (including phenoxy) is 3. The number of amides is 1. The Kier molecular flexibility index (Phi) is 9.34. The van der Waals surface area contributed by atoms with Crippen LogP contribution in [0.3, 0.4) is 0 Å². The second-order valence-electron chi connectivity index (χ2n) is 11.0. The first-order valence-corrected chi connectivity index (χ1v) is 14.2. The van der Waals surface area contributed by atoms with Crippen molar-refractivity contribution in [2.24, 2.45) is 5.73 Å². The summed E-state index contributed by atoms with van der Waals surface area (Å²) in [6.07, 6.45) is -1.66. The first-order chi connectivity index (χ1) is 19.7. The van der Waals surface area contributed by atoms with E-state index in [-0.39, 0.29) is 25.4 Å². The molecule has 8 atom stereocenters. The predicted molar refractivity (Wildman–Crippen MR) is 145 cm³/mol. The smallest absolute Gasteiger partial charge is 0.330 e. The van der Waals surface area contributed by atoms with Crippen molar-refractivity contribution in [1.29, 1.82) is 0 Å². The van der Waals surface area contributed by atoms with Gasteiger partial charge in [0, 0.05) is 37.3 Å². The SMILES string of the molecule is NC[C@H]1O[C@@H](O[C@@H](CNC(=O)c2ccc(C3CCCCC3)cc2)[C@@H]2C[C@@H](O)[C@H](n3ccc(=O)[nH]c3=O)O2)[C@H](O)[C@@H]1O. The van der Waals surface area contributed by atoms with Crippen molar-refractivity contribution in [2.45, 2.75) is 93.6 Å². The fourth-order valence-electron chi connectivity index (χ4n) is 5.90. The lowest BCUT2D eigenvalue weighted by Gasteiger charge is -2.28. The molecule has 0 unspecified atom stereocenters. The van der Waals surface area contributed by atoms with E-state index in [0.29, 0.717) is 11.5 Å². The molecule has 0 radical (unpaired) electrons. The van der Waals surface area contributed by atoms with Gasteiger partial charge in [-0.15, -0.1) is 0 Å². The Bertz CT molecular complexity index is 1290. The van der Waals surface area contributed by atoms with E-state index in [0.717, 1.165) is 23.5 Å². The van der Waals surface area contributed by atoms with E-state index in [1.807, 2.05) is 12.1 Å². The van der Waals surface area contributed by atoms with Crippen molar-refractivity contribution in [3.8, 4) is 0 Å². The van der Waals surface area contributed by atoms with E-state index >= 15 is 0 Å². The average Bonchev–Trinajstić information content (AvgIpc) is 3.49. The van der Waals surface area contributed by atoms with Crippen LogP contribution in [0.15, 0.2) is 46.1 Å². The largest absolute Gasteiger partial charge is 0.388 e. The Labute approximate surface area is 236 Å². The molecule has 13 nitrogen and oxygen atoms in total. The molecule has 2 aliphatic heterocycles. The molecule has 1 aromatic carbocycles. The first-order valence-electron chi connectivity index (χ1n) is 14.2. The topological polar surface area (TPSA) is 198 Å². The van der Waals surface area contributed by atoms with Gasteiger partial charge in [0.05, 0.1) is 6.10 Å². The summed E-state index contributed by atoms with van der Waals surface area (Å²) in [5.41, 5.74) is 5.96. The van der Waals surface area contributed by atoms with E-state index in [4.69, 9.17) is 19.9 Å². The molecule has 5 rings (SSSR count). The number of aliphatic hydroxyl groups excluding tert-OH is 3. The summed E-state index contributed by atoms with van der Waals surface area (Å²) in [7, 11) is 0. The molecule has 0 bridgehead atoms. The number of aromatic nitrogens is 2. The van der Waals surface area contributed by atoms with Gasteiger partial charge < -0.3 is 40.6 Å². The molecule has 41 heavy (non-hydrogen) atoms. The molecule has 3 aliphatic rings. The van der Waals surface area contributed by atoms with Gasteiger partial charge >= 0.3 is 5.69 Å². The van der Waals surface area contributed by atoms with Gasteiger partial charge in [-0.25, -0.2) is 4.79 Å². The minimum absolute atomic E-state index is 0.0124. The molecule has 1 aromatic heterocycles. The number of nitrogens with zero attached hydrogens (tertiary/aromatic N) is 1. The second-order valence-corrected chi connectivity index (χ2v) is 11.0. The molecule has 2 aromatic rings. The number of H-pyrrole nitrogens is 1. The summed E-state index contributed by atoms with van der Waals surface area (Å²) in [5, 5.41) is 34.2. The van der Waals surface area contributed by atoms with Crippen LogP contribution in [0.4, 0.5) is 0 Å². The van der Waals surface area contributed by atoms with Crippen molar-refractivity contribution in [3.63, 3.8) is 0 Å². The lowest BCUT2D eigenvalue weighted by Crippen LogP contribution is -2.45. The van der Waals surface area contributed by atoms with E-state index in [1.54, 1.807) is 12.1 Å². The molecule has 1 amide bonds. The Morgan fingerprint density at radius 1 is 1.07 bits per heavy atom. The molecule has 7 N–H and O–H groups in total. The van der Waals surface area contributed by atoms with Crippen LogP contribution in [0.1, 0.15) is 66.6 Å². The zero-order valence-corrected chi connectivity index (χ0v) is 22.6. The van der Waals surface area contributed by atoms with Gasteiger partial charge in [0.1, 0.15) is 30.5 Å². The van der Waals surface area contributed by atoms with Crippen LogP contribution in [-0.2, 0) is 14.2 Å². The highest BCUT2D eigenvalue weighted by atomic mass is 16.7. The second kappa shape index (κ2) is 12.9. The number of carbonyl (C=O) groups excluding carboxylic acids is 1. The van der Waals surface area contributed by atoms with Gasteiger partial charge in [0.15, 0.2) is 12.5 Å². The zero-order valence-electron chi connectivity index (χ0n) is 22.6. The maximum atomic E-state index is 13.1. The van der Waals surface area contributed by atoms with Crippen molar-refractivity contribution in [2.75, 3.05) is 13.1 Å². The standard InChI is InChI=1S/C28H38N4O9/c29-13-20-23(35)24(36)27(40-20)41-21(19-12-18(33)26(39-19)32-11-10-22(34)31-28(32)38)14-30-25(37)17-8-6-16(7-9-17)15-4-2-1-3-5-15/h6-11,15,18-21,23-24,26-27,33,35-36H,1-5,12-14,29H2,(H,30,37)(H,31,34,38)/t18-,19+,20-,21+,23-,24-,26-,27+/m1/s1. The Morgan fingerprint density at radius 3 is 2.46 bits per heavy atom. The van der Waals surface area contributed by atoms with E-state index in [9.17, 15) is 29.7 Å². The number of benzene rings is 1. The lowest BCUT2D eigenvalue weighted by molar-refractivity contribution is -0.212. The van der Waals surface area contributed by atoms with Gasteiger partial charge in [0.25, 0.3) is 11.5 Å². The molecule has 13 heteroatoms. The third-order valence-corrected chi connectivity index (χ3v) is 8.23. The van der Waals surface area contributed by atoms with Crippen LogP contribution in [0.25, 0.3) is 0 Å². The molecule has 3 heterocycles. The summed E-state index contributed by atoms with van der Waals surface area (Å²) in [5.74, 6) is 0.159. The number of nitrogens with one attached hydrogen (secondary N) is 2. The molecule has 0 spiro atoms. The number of carbonyl (C=O) groups is 1. The van der Waals surface area contributed by atoms with Crippen LogP contribution in [-0.4, -0.2) is 86.8 Å². The average molecular weight is 575 g/mol. The van der Waals surface area contributed by atoms with Gasteiger partial charge in [-0.05, 0) is 36.5 Å². The molecule has 1 saturated carbocycles. The van der Waals surface area contributed by atoms with Gasteiger partial charge in [-0.1, -0.05) is 31.4 Å². The zero-order chi connectivity index (χ0) is 29.1. The van der Waals surface area contributed by atoms with Crippen LogP contribution < -0.4 is 22.3 Å². The third kappa shape index (κ3) is 6.61. The Morgan fingerprint density at radius 2 is 1.80 bits per heavy atom. The highest BCUT2D eigenvalue weighted by Crippen LogP contribution is 2.34. The highest BCUT2D eigenvalue weighted by molar-refractivity contribution is 5.94. The fourth-order valence-corrected chi connectivity index (χ4v) is 5.90. The van der Waals surface area contributed by atoms with E-state index < -0.39 is 60.4 Å². The van der Waals surface area contributed by atoms with Crippen LogP contribution in [0, 0.1) is 0 Å². The van der Waals surface area contributed by atoms with Crippen molar-refractivity contribution in [1.82, 2.24) is 14.9 Å². The van der Waals surface area contributed by atoms with E-state index in [2.05, 4.69) is 10.3 Å². The number of aromatic amines is 1. The van der Waals surface area contributed by atoms with Crippen LogP contribution in [0.2, 0.25) is 0 Å². The maximum Gasteiger partial charge on any atom is 0.330 e. The maximum absolute atomic E-state index is 13.1. The lowest BCUT2D eigenvalue weighted by atomic mass is 9.84. The molecular formula is C28H38N4O9. The van der Waals surface area contributed by atoms with Gasteiger partial charge in [0.2, 0.25) is 0 Å². The van der Waals surface area contributed by atoms with Crippen molar-refractivity contribution in [3.05, 3.63) is 68.5 Å². The highest BCUT2D eigenvalue weighted by Gasteiger charge is 2.47. The van der Waals surface area contributed by atoms with E-state index in [1.165, 1.54) is 31.0 Å². The minimum Gasteiger partial charge on any atom is -0.388 e. The number of rotatable bonds is 9. The molecule has 3 fully saturated rings. The number of nitrogens with two attached hydrogens (primary N) is 1. The quantitative estimate of drug-likeness (QED) is 0.226. The summed E-state index contributed by atoms with van der Waals surface area (Å²) in [6, 6.07) is 8.68. The predicted octanol–water partition coefficient (Wildman–Crippen LogP) is -0.547. The number of hydrogen-bond acceptors (Lipinski definition) is 10. The molecule has 2 saturated heterocycles. The molecule has 224 valence electrons. The normalized spacial score (nSPS) is 31.3.